The largest absolute Gasteiger partial charge is 0.463 e. The average Bonchev–Trinajstić information content (AvgIpc) is 2.93. The van der Waals surface area contributed by atoms with Gasteiger partial charge in [0, 0.05) is 29.7 Å². The maximum atomic E-state index is 13.1. The van der Waals surface area contributed by atoms with Crippen molar-refractivity contribution in [2.75, 3.05) is 18.1 Å². The van der Waals surface area contributed by atoms with E-state index in [2.05, 4.69) is 19.7 Å². The highest BCUT2D eigenvalue weighted by Crippen LogP contribution is 2.33. The predicted octanol–water partition coefficient (Wildman–Crippen LogP) is 7.64. The van der Waals surface area contributed by atoms with Crippen molar-refractivity contribution < 1.29 is 32.2 Å². The summed E-state index contributed by atoms with van der Waals surface area (Å²) in [6.45, 7) is 11.0. The number of nitrogens with zero attached hydrogens (tertiary/aromatic N) is 1. The number of hydrogen-bond donors (Lipinski definition) is 0. The van der Waals surface area contributed by atoms with Crippen molar-refractivity contribution in [3.8, 4) is 0 Å². The van der Waals surface area contributed by atoms with Crippen LogP contribution in [0.15, 0.2) is 110 Å². The van der Waals surface area contributed by atoms with E-state index in [1.807, 2.05) is 36.4 Å². The molecule has 0 aliphatic rings. The Hall–Kier alpha value is -4.33. The van der Waals surface area contributed by atoms with Gasteiger partial charge in [-0.3, -0.25) is 0 Å². The van der Waals surface area contributed by atoms with Gasteiger partial charge in [-0.25, -0.2) is 9.59 Å². The number of allylic oxidation sites excluding steroid dienone is 4. The molecule has 0 atom stereocenters. The number of esters is 2. The van der Waals surface area contributed by atoms with Crippen LogP contribution in [0, 0.1) is 0 Å². The van der Waals surface area contributed by atoms with Crippen LogP contribution in [0.4, 0.5) is 24.5 Å². The van der Waals surface area contributed by atoms with Crippen molar-refractivity contribution in [1.82, 2.24) is 0 Å². The Kier molecular flexibility index (Phi) is 12.5. The van der Waals surface area contributed by atoms with E-state index in [1.54, 1.807) is 17.2 Å². The van der Waals surface area contributed by atoms with Crippen LogP contribution >= 0.6 is 0 Å². The van der Waals surface area contributed by atoms with Crippen LogP contribution in [-0.2, 0) is 31.7 Å². The highest BCUT2D eigenvalue weighted by Gasteiger charge is 2.30. The minimum Gasteiger partial charge on any atom is -0.463 e. The molecule has 2 rings (SSSR count). The molecule has 5 nitrogen and oxygen atoms in total. The van der Waals surface area contributed by atoms with Crippen molar-refractivity contribution in [2.24, 2.45) is 0 Å². The van der Waals surface area contributed by atoms with Gasteiger partial charge in [0.25, 0.3) is 0 Å². The fourth-order valence-electron chi connectivity index (χ4n) is 3.52. The summed E-state index contributed by atoms with van der Waals surface area (Å²) < 4.78 is 49.4. The Balaban J connectivity index is 2.23. The molecular formula is C31H32F3NO4. The lowest BCUT2D eigenvalue weighted by Crippen LogP contribution is -2.10. The highest BCUT2D eigenvalue weighted by atomic mass is 19.4. The van der Waals surface area contributed by atoms with E-state index in [4.69, 9.17) is 9.47 Å². The van der Waals surface area contributed by atoms with Crippen LogP contribution in [0.5, 0.6) is 0 Å². The van der Waals surface area contributed by atoms with E-state index in [-0.39, 0.29) is 13.2 Å². The lowest BCUT2D eigenvalue weighted by molar-refractivity contribution is -0.138. The summed E-state index contributed by atoms with van der Waals surface area (Å²) in [6, 6.07) is 12.5. The maximum absolute atomic E-state index is 13.1. The van der Waals surface area contributed by atoms with Crippen molar-refractivity contribution in [1.29, 1.82) is 0 Å². The first-order valence-corrected chi connectivity index (χ1v) is 12.3. The highest BCUT2D eigenvalue weighted by molar-refractivity contribution is 5.81. The van der Waals surface area contributed by atoms with Gasteiger partial charge in [0.15, 0.2) is 0 Å². The van der Waals surface area contributed by atoms with Gasteiger partial charge >= 0.3 is 18.1 Å². The molecule has 2 aromatic rings. The van der Waals surface area contributed by atoms with Crippen molar-refractivity contribution in [2.45, 2.75) is 31.9 Å². The van der Waals surface area contributed by atoms with Crippen molar-refractivity contribution in [3.05, 3.63) is 122 Å². The number of hydrogen-bond acceptors (Lipinski definition) is 5. The lowest BCUT2D eigenvalue weighted by Gasteiger charge is -2.22. The number of anilines is 2. The molecule has 8 heteroatoms. The van der Waals surface area contributed by atoms with Crippen LogP contribution in [0.3, 0.4) is 0 Å². The zero-order valence-electron chi connectivity index (χ0n) is 21.7. The molecule has 0 amide bonds. The molecule has 0 aromatic heterocycles. The Morgan fingerprint density at radius 1 is 0.821 bits per heavy atom. The third kappa shape index (κ3) is 10.9. The molecule has 39 heavy (non-hydrogen) atoms. The number of alkyl halides is 3. The first-order valence-electron chi connectivity index (χ1n) is 12.3. The molecule has 0 N–H and O–H groups in total. The molecule has 0 aliphatic heterocycles. The summed E-state index contributed by atoms with van der Waals surface area (Å²) >= 11 is 0. The molecule has 0 bridgehead atoms. The van der Waals surface area contributed by atoms with Gasteiger partial charge in [0.05, 0.1) is 18.8 Å². The Morgan fingerprint density at radius 2 is 1.36 bits per heavy atom. The van der Waals surface area contributed by atoms with E-state index >= 15 is 0 Å². The van der Waals surface area contributed by atoms with Crippen LogP contribution < -0.4 is 4.90 Å². The molecule has 0 saturated carbocycles. The lowest BCUT2D eigenvalue weighted by atomic mass is 10.1. The number of aryl methyl sites for hydroxylation is 1. The number of carbonyl (C=O) groups excluding carboxylic acids is 2. The van der Waals surface area contributed by atoms with Crippen LogP contribution in [0.25, 0.3) is 0 Å². The molecule has 0 heterocycles. The van der Waals surface area contributed by atoms with E-state index in [1.165, 1.54) is 12.1 Å². The fraction of sp³-hybridized carbons (Fsp3) is 0.226. The fourth-order valence-corrected chi connectivity index (χ4v) is 3.52. The molecule has 2 aromatic carbocycles. The van der Waals surface area contributed by atoms with E-state index in [0.29, 0.717) is 31.4 Å². The molecule has 0 spiro atoms. The van der Waals surface area contributed by atoms with Crippen LogP contribution in [0.1, 0.15) is 30.4 Å². The molecular weight excluding hydrogens is 507 g/mol. The third-order valence-electron chi connectivity index (χ3n) is 5.50. The Morgan fingerprint density at radius 3 is 1.87 bits per heavy atom. The monoisotopic (exact) mass is 539 g/mol. The predicted molar refractivity (Wildman–Crippen MR) is 147 cm³/mol. The summed E-state index contributed by atoms with van der Waals surface area (Å²) in [4.78, 5) is 24.2. The third-order valence-corrected chi connectivity index (χ3v) is 5.50. The zero-order chi connectivity index (χ0) is 28.7. The summed E-state index contributed by atoms with van der Waals surface area (Å²) in [6.07, 6.45) is 7.34. The Bertz CT molecular complexity index is 1180. The van der Waals surface area contributed by atoms with E-state index in [9.17, 15) is 22.8 Å². The topological polar surface area (TPSA) is 55.8 Å². The second kappa shape index (κ2) is 15.8. The molecule has 0 unspecified atom stereocenters. The number of carbonyl (C=O) groups is 2. The zero-order valence-corrected chi connectivity index (χ0v) is 21.7. The summed E-state index contributed by atoms with van der Waals surface area (Å²) in [5.74, 6) is -0.957. The normalized spacial score (nSPS) is 11.6. The summed E-state index contributed by atoms with van der Waals surface area (Å²) in [5.41, 5.74) is 2.46. The first-order chi connectivity index (χ1) is 18.7. The molecule has 0 radical (unpaired) electrons. The quantitative estimate of drug-likeness (QED) is 0.101. The van der Waals surface area contributed by atoms with E-state index < -0.39 is 23.7 Å². The molecule has 0 aliphatic carbocycles. The number of halogens is 3. The Labute approximate surface area is 227 Å². The standard InChI is InChI=1S/C31H32F3NO4/c1-4-9-24(10-7-22-38-29(36)5-2)20-21-35(28-18-14-26(15-19-28)31(32,33)34)27-16-12-25(13-17-27)11-8-23-39-30(37)6-3/h4-6,9,12-21H,1-3,7-8,10-11,22-23H2/b21-20-,24-9-. The van der Waals surface area contributed by atoms with Gasteiger partial charge < -0.3 is 14.4 Å². The number of ether oxygens (including phenoxy) is 2. The average molecular weight is 540 g/mol. The van der Waals surface area contributed by atoms with Gasteiger partial charge in [-0.05, 0) is 79.3 Å². The van der Waals surface area contributed by atoms with Gasteiger partial charge in [-0.15, -0.1) is 0 Å². The minimum absolute atomic E-state index is 0.226. The first kappa shape index (κ1) is 30.9. The van der Waals surface area contributed by atoms with Crippen LogP contribution in [0.2, 0.25) is 0 Å². The van der Waals surface area contributed by atoms with Gasteiger partial charge in [-0.1, -0.05) is 44.0 Å². The molecule has 206 valence electrons. The van der Waals surface area contributed by atoms with Crippen molar-refractivity contribution >= 4 is 23.3 Å². The number of rotatable bonds is 15. The van der Waals surface area contributed by atoms with Crippen LogP contribution in [-0.4, -0.2) is 25.2 Å². The minimum atomic E-state index is -4.43. The summed E-state index contributed by atoms with van der Waals surface area (Å²) in [7, 11) is 0. The smallest absolute Gasteiger partial charge is 0.416 e. The SMILES string of the molecule is C=C/C=C(\C=C/N(c1ccc(CCCOC(=O)C=C)cc1)c1ccc(C(F)(F)F)cc1)CCCOC(=O)C=C. The second-order valence-electron chi connectivity index (χ2n) is 8.32. The number of benzene rings is 2. The van der Waals surface area contributed by atoms with Crippen molar-refractivity contribution in [3.63, 3.8) is 0 Å². The molecule has 0 fully saturated rings. The van der Waals surface area contributed by atoms with Gasteiger partial charge in [0.1, 0.15) is 0 Å². The van der Waals surface area contributed by atoms with Gasteiger partial charge in [-0.2, -0.15) is 13.2 Å². The second-order valence-corrected chi connectivity index (χ2v) is 8.32. The summed E-state index contributed by atoms with van der Waals surface area (Å²) in [5, 5.41) is 0. The molecule has 0 saturated heterocycles. The maximum Gasteiger partial charge on any atom is 0.416 e. The van der Waals surface area contributed by atoms with Gasteiger partial charge in [0.2, 0.25) is 0 Å². The van der Waals surface area contributed by atoms with E-state index in [0.717, 1.165) is 41.1 Å².